The Kier molecular flexibility index (Phi) is 5.69. The molecular formula is C22H23N3O2S. The van der Waals surface area contributed by atoms with Gasteiger partial charge >= 0.3 is 0 Å². The molecule has 1 amide bonds. The van der Waals surface area contributed by atoms with Crippen LogP contribution in [0.25, 0.3) is 0 Å². The zero-order valence-electron chi connectivity index (χ0n) is 15.8. The summed E-state index contributed by atoms with van der Waals surface area (Å²) in [4.78, 5) is 20.7. The van der Waals surface area contributed by atoms with Gasteiger partial charge in [-0.1, -0.05) is 48.5 Å². The molecule has 1 unspecified atom stereocenters. The van der Waals surface area contributed by atoms with Crippen LogP contribution in [0.1, 0.15) is 23.1 Å². The summed E-state index contributed by atoms with van der Waals surface area (Å²) in [6.45, 7) is 4.53. The Labute approximate surface area is 169 Å². The fraction of sp³-hybridized carbons (Fsp3) is 0.273. The molecule has 1 aromatic heterocycles. The van der Waals surface area contributed by atoms with E-state index in [2.05, 4.69) is 39.5 Å². The summed E-state index contributed by atoms with van der Waals surface area (Å²) in [5.74, 6) is 0.497. The minimum absolute atomic E-state index is 0.184. The number of fused-ring (bicyclic) bond motifs is 1. The topological polar surface area (TPSA) is 54.5 Å². The molecule has 0 spiro atoms. The second kappa shape index (κ2) is 8.54. The highest BCUT2D eigenvalue weighted by Crippen LogP contribution is 2.29. The van der Waals surface area contributed by atoms with E-state index in [0.29, 0.717) is 10.9 Å². The van der Waals surface area contributed by atoms with E-state index >= 15 is 0 Å². The number of carbonyl (C=O) groups is 1. The third kappa shape index (κ3) is 4.58. The summed E-state index contributed by atoms with van der Waals surface area (Å²) >= 11 is 1.56. The van der Waals surface area contributed by atoms with Gasteiger partial charge in [-0.25, -0.2) is 4.98 Å². The van der Waals surface area contributed by atoms with Crippen LogP contribution in [0, 0.1) is 0 Å². The third-order valence-corrected chi connectivity index (χ3v) is 5.71. The molecule has 2 aromatic carbocycles. The normalized spacial score (nSPS) is 14.9. The number of carbonyl (C=O) groups excluding carboxylic acids is 1. The van der Waals surface area contributed by atoms with Crippen molar-refractivity contribution in [2.45, 2.75) is 32.5 Å². The maximum Gasteiger partial charge on any atom is 0.266 e. The maximum absolute atomic E-state index is 12.5. The van der Waals surface area contributed by atoms with Gasteiger partial charge in [-0.05, 0) is 24.6 Å². The van der Waals surface area contributed by atoms with E-state index in [9.17, 15) is 4.79 Å². The fourth-order valence-electron chi connectivity index (χ4n) is 3.24. The Morgan fingerprint density at radius 2 is 1.89 bits per heavy atom. The zero-order valence-corrected chi connectivity index (χ0v) is 16.6. The van der Waals surface area contributed by atoms with Gasteiger partial charge in [0.2, 0.25) is 0 Å². The number of para-hydroxylation sites is 1. The number of aromatic nitrogens is 1. The summed E-state index contributed by atoms with van der Waals surface area (Å²) < 4.78 is 5.69. The molecule has 28 heavy (non-hydrogen) atoms. The van der Waals surface area contributed by atoms with Crippen LogP contribution in [-0.2, 0) is 24.3 Å². The molecule has 0 saturated heterocycles. The smallest absolute Gasteiger partial charge is 0.266 e. The van der Waals surface area contributed by atoms with Crippen LogP contribution in [0.4, 0.5) is 5.13 Å². The number of amides is 1. The van der Waals surface area contributed by atoms with Crippen molar-refractivity contribution in [3.63, 3.8) is 0 Å². The van der Waals surface area contributed by atoms with Gasteiger partial charge in [0.15, 0.2) is 11.2 Å². The molecule has 3 aromatic rings. The number of thiazole rings is 1. The van der Waals surface area contributed by atoms with Crippen LogP contribution in [0.15, 0.2) is 60.7 Å². The van der Waals surface area contributed by atoms with Crippen LogP contribution in [0.5, 0.6) is 5.75 Å². The van der Waals surface area contributed by atoms with Gasteiger partial charge in [0, 0.05) is 30.9 Å². The Bertz CT molecular complexity index is 927. The minimum Gasteiger partial charge on any atom is -0.481 e. The predicted octanol–water partition coefficient (Wildman–Crippen LogP) is 4.11. The van der Waals surface area contributed by atoms with Gasteiger partial charge in [0.1, 0.15) is 5.75 Å². The Hall–Kier alpha value is -2.70. The van der Waals surface area contributed by atoms with Crippen LogP contribution in [-0.4, -0.2) is 28.4 Å². The summed E-state index contributed by atoms with van der Waals surface area (Å²) in [6.07, 6.45) is 0.322. The van der Waals surface area contributed by atoms with E-state index in [0.717, 1.165) is 31.7 Å². The number of nitrogens with one attached hydrogen (secondary N) is 1. The molecule has 1 N–H and O–H groups in total. The first-order chi connectivity index (χ1) is 13.7. The molecule has 144 valence electrons. The number of nitrogens with zero attached hydrogens (tertiary/aromatic N) is 2. The van der Waals surface area contributed by atoms with E-state index < -0.39 is 6.10 Å². The molecule has 0 bridgehead atoms. The van der Waals surface area contributed by atoms with Gasteiger partial charge in [0.05, 0.1) is 5.69 Å². The van der Waals surface area contributed by atoms with E-state index in [-0.39, 0.29) is 5.91 Å². The molecule has 6 heteroatoms. The van der Waals surface area contributed by atoms with Crippen molar-refractivity contribution < 1.29 is 9.53 Å². The Morgan fingerprint density at radius 3 is 2.64 bits per heavy atom. The third-order valence-electron chi connectivity index (χ3n) is 4.71. The van der Waals surface area contributed by atoms with Crippen molar-refractivity contribution in [3.8, 4) is 5.75 Å². The summed E-state index contributed by atoms with van der Waals surface area (Å²) in [7, 11) is 0. The van der Waals surface area contributed by atoms with Crippen molar-refractivity contribution in [1.29, 1.82) is 0 Å². The lowest BCUT2D eigenvalue weighted by Crippen LogP contribution is -2.30. The predicted molar refractivity (Wildman–Crippen MR) is 112 cm³/mol. The van der Waals surface area contributed by atoms with Crippen molar-refractivity contribution in [3.05, 3.63) is 76.8 Å². The average molecular weight is 394 g/mol. The molecular weight excluding hydrogens is 370 g/mol. The second-order valence-corrected chi connectivity index (χ2v) is 7.98. The largest absolute Gasteiger partial charge is 0.481 e. The van der Waals surface area contributed by atoms with E-state index in [4.69, 9.17) is 4.74 Å². The van der Waals surface area contributed by atoms with Crippen molar-refractivity contribution in [2.24, 2.45) is 0 Å². The number of ether oxygens (including phenoxy) is 1. The van der Waals surface area contributed by atoms with Gasteiger partial charge in [-0.15, -0.1) is 11.3 Å². The monoisotopic (exact) mass is 393 g/mol. The summed E-state index contributed by atoms with van der Waals surface area (Å²) in [6, 6.07) is 19.9. The molecule has 0 aliphatic carbocycles. The highest BCUT2D eigenvalue weighted by Gasteiger charge is 2.23. The number of hydrogen-bond donors (Lipinski definition) is 1. The van der Waals surface area contributed by atoms with E-state index in [1.165, 1.54) is 10.4 Å². The molecule has 4 rings (SSSR count). The molecule has 1 aliphatic heterocycles. The molecule has 0 fully saturated rings. The van der Waals surface area contributed by atoms with Crippen LogP contribution in [0.2, 0.25) is 0 Å². The highest BCUT2D eigenvalue weighted by atomic mass is 32.1. The molecule has 2 heterocycles. The molecule has 1 aliphatic rings. The molecule has 0 saturated carbocycles. The Morgan fingerprint density at radius 1 is 1.18 bits per heavy atom. The summed E-state index contributed by atoms with van der Waals surface area (Å²) in [5, 5.41) is 3.56. The van der Waals surface area contributed by atoms with Gasteiger partial charge < -0.3 is 4.74 Å². The number of hydrogen-bond acceptors (Lipinski definition) is 5. The number of benzene rings is 2. The molecule has 5 nitrogen and oxygen atoms in total. The lowest BCUT2D eigenvalue weighted by molar-refractivity contribution is -0.122. The Balaban J connectivity index is 1.35. The van der Waals surface area contributed by atoms with Gasteiger partial charge in [0.25, 0.3) is 5.91 Å². The van der Waals surface area contributed by atoms with Crippen molar-refractivity contribution in [1.82, 2.24) is 9.88 Å². The van der Waals surface area contributed by atoms with Crippen LogP contribution < -0.4 is 10.1 Å². The lowest BCUT2D eigenvalue weighted by atomic mass is 10.1. The SMILES string of the molecule is CC(Oc1ccccc1)C(=O)Nc1nc2c(s1)CN(Cc1ccccc1)CC2. The van der Waals surface area contributed by atoms with E-state index in [1.807, 2.05) is 36.4 Å². The highest BCUT2D eigenvalue weighted by molar-refractivity contribution is 7.15. The van der Waals surface area contributed by atoms with Crippen LogP contribution in [0.3, 0.4) is 0 Å². The van der Waals surface area contributed by atoms with Crippen molar-refractivity contribution >= 4 is 22.4 Å². The minimum atomic E-state index is -0.585. The standard InChI is InChI=1S/C22H23N3O2S/c1-16(27-18-10-6-3-7-11-18)21(26)24-22-23-19-12-13-25(15-20(19)28-22)14-17-8-4-2-5-9-17/h2-11,16H,12-15H2,1H3,(H,23,24,26). The first-order valence-corrected chi connectivity index (χ1v) is 10.3. The van der Waals surface area contributed by atoms with Gasteiger partial charge in [-0.3, -0.25) is 15.0 Å². The molecule has 1 atom stereocenters. The average Bonchev–Trinajstić information content (AvgIpc) is 3.11. The fourth-order valence-corrected chi connectivity index (χ4v) is 4.30. The zero-order chi connectivity index (χ0) is 19.3. The van der Waals surface area contributed by atoms with Gasteiger partial charge in [-0.2, -0.15) is 0 Å². The summed E-state index contributed by atoms with van der Waals surface area (Å²) in [5.41, 5.74) is 2.41. The first kappa shape index (κ1) is 18.7. The maximum atomic E-state index is 12.5. The molecule has 0 radical (unpaired) electrons. The lowest BCUT2D eigenvalue weighted by Gasteiger charge is -2.25. The van der Waals surface area contributed by atoms with Crippen molar-refractivity contribution in [2.75, 3.05) is 11.9 Å². The first-order valence-electron chi connectivity index (χ1n) is 9.45. The van der Waals surface area contributed by atoms with E-state index in [1.54, 1.807) is 18.3 Å². The second-order valence-electron chi connectivity index (χ2n) is 6.90. The quantitative estimate of drug-likeness (QED) is 0.685. The number of rotatable bonds is 6. The van der Waals surface area contributed by atoms with Crippen LogP contribution >= 0.6 is 11.3 Å². The number of anilines is 1.